The van der Waals surface area contributed by atoms with Gasteiger partial charge in [-0.25, -0.2) is 4.39 Å². The van der Waals surface area contributed by atoms with Gasteiger partial charge in [-0.15, -0.1) is 0 Å². The summed E-state index contributed by atoms with van der Waals surface area (Å²) in [7, 11) is 0. The number of alkyl halides is 1. The molecule has 0 amide bonds. The monoisotopic (exact) mass is 222 g/mol. The summed E-state index contributed by atoms with van der Waals surface area (Å²) in [5.41, 5.74) is -0.427. The summed E-state index contributed by atoms with van der Waals surface area (Å²) in [4.78, 5) is 0. The number of nitrogens with one attached hydrogen (secondary N) is 1. The van der Waals surface area contributed by atoms with Gasteiger partial charge in [0.25, 0.3) is 0 Å². The first-order chi connectivity index (χ1) is 7.65. The number of halogens is 1. The smallest absolute Gasteiger partial charge is 0.133 e. The van der Waals surface area contributed by atoms with Gasteiger partial charge < -0.3 is 5.11 Å². The molecular weight excluding hydrogens is 207 g/mol. The molecule has 0 bridgehead atoms. The topological polar surface area (TPSA) is 56.0 Å². The Morgan fingerprint density at radius 3 is 2.56 bits per heavy atom. The second-order valence-corrected chi connectivity index (χ2v) is 3.87. The summed E-state index contributed by atoms with van der Waals surface area (Å²) in [6.45, 7) is 0.493. The van der Waals surface area contributed by atoms with Crippen LogP contribution in [0.5, 0.6) is 0 Å². The number of hydrogen-bond donors (Lipinski definition) is 2. The largest absolute Gasteiger partial charge is 0.394 e. The molecule has 0 aromatic heterocycles. The van der Waals surface area contributed by atoms with Gasteiger partial charge in [0, 0.05) is 0 Å². The first-order valence-corrected chi connectivity index (χ1v) is 5.06. The predicted octanol–water partition coefficient (Wildman–Crippen LogP) is 1.56. The average molecular weight is 222 g/mol. The zero-order chi connectivity index (χ0) is 12.0. The minimum Gasteiger partial charge on any atom is -0.394 e. The summed E-state index contributed by atoms with van der Waals surface area (Å²) < 4.78 is 12.7. The lowest BCUT2D eigenvalue weighted by Gasteiger charge is -2.26. The highest BCUT2D eigenvalue weighted by Gasteiger charge is 2.27. The van der Waals surface area contributed by atoms with Crippen LogP contribution in [0, 0.1) is 11.3 Å². The molecular formula is C12H15FN2O. The number of nitriles is 1. The molecule has 2 N–H and O–H groups in total. The molecule has 1 aromatic carbocycles. The lowest BCUT2D eigenvalue weighted by molar-refractivity contribution is 0.208. The normalized spacial score (nSPS) is 16.1. The van der Waals surface area contributed by atoms with Crippen molar-refractivity contribution in [1.29, 1.82) is 5.26 Å². The third-order valence-electron chi connectivity index (χ3n) is 2.39. The number of aliphatic hydroxyl groups is 1. The van der Waals surface area contributed by atoms with Crippen LogP contribution in [0.3, 0.4) is 0 Å². The molecule has 0 saturated carbocycles. The van der Waals surface area contributed by atoms with Crippen molar-refractivity contribution >= 4 is 0 Å². The zero-order valence-corrected chi connectivity index (χ0v) is 9.15. The van der Waals surface area contributed by atoms with Gasteiger partial charge in [-0.1, -0.05) is 30.3 Å². The molecule has 1 aromatic rings. The molecule has 0 spiro atoms. The van der Waals surface area contributed by atoms with Gasteiger partial charge in [0.15, 0.2) is 0 Å². The third kappa shape index (κ3) is 3.02. The van der Waals surface area contributed by atoms with Crippen molar-refractivity contribution in [3.63, 3.8) is 0 Å². The summed E-state index contributed by atoms with van der Waals surface area (Å²) >= 11 is 0. The minimum absolute atomic E-state index is 0.179. The van der Waals surface area contributed by atoms with Crippen LogP contribution in [0.25, 0.3) is 0 Å². The molecule has 4 heteroatoms. The number of hydrogen-bond acceptors (Lipinski definition) is 3. The first kappa shape index (κ1) is 12.6. The number of rotatable bonds is 5. The van der Waals surface area contributed by atoms with Gasteiger partial charge in [-0.3, -0.25) is 5.32 Å². The van der Waals surface area contributed by atoms with Crippen molar-refractivity contribution in [2.24, 2.45) is 0 Å². The van der Waals surface area contributed by atoms with Crippen molar-refractivity contribution < 1.29 is 9.50 Å². The van der Waals surface area contributed by atoms with Crippen molar-refractivity contribution in [3.05, 3.63) is 35.9 Å². The maximum Gasteiger partial charge on any atom is 0.133 e. The third-order valence-corrected chi connectivity index (χ3v) is 2.39. The molecule has 0 heterocycles. The van der Waals surface area contributed by atoms with Gasteiger partial charge >= 0.3 is 0 Å². The van der Waals surface area contributed by atoms with Crippen molar-refractivity contribution in [3.8, 4) is 6.07 Å². The van der Waals surface area contributed by atoms with Gasteiger partial charge in [-0.2, -0.15) is 5.26 Å². The lowest BCUT2D eigenvalue weighted by Crippen LogP contribution is -2.46. The number of benzene rings is 1. The maximum atomic E-state index is 12.7. The van der Waals surface area contributed by atoms with E-state index in [0.29, 0.717) is 0 Å². The Morgan fingerprint density at radius 1 is 1.50 bits per heavy atom. The lowest BCUT2D eigenvalue weighted by atomic mass is 10.0. The molecule has 0 aliphatic rings. The molecule has 1 rings (SSSR count). The Bertz CT molecular complexity index is 363. The Balaban J connectivity index is 2.82. The minimum atomic E-state index is -1.26. The average Bonchev–Trinajstić information content (AvgIpc) is 2.36. The van der Waals surface area contributed by atoms with E-state index < -0.39 is 18.3 Å². The van der Waals surface area contributed by atoms with E-state index in [2.05, 4.69) is 5.32 Å². The second kappa shape index (κ2) is 5.59. The fraction of sp³-hybridized carbons (Fsp3) is 0.417. The van der Waals surface area contributed by atoms with Crippen LogP contribution in [-0.4, -0.2) is 23.9 Å². The van der Waals surface area contributed by atoms with E-state index in [-0.39, 0.29) is 6.61 Å². The quantitative estimate of drug-likeness (QED) is 0.795. The van der Waals surface area contributed by atoms with Crippen molar-refractivity contribution in [1.82, 2.24) is 5.32 Å². The first-order valence-electron chi connectivity index (χ1n) is 5.06. The Hall–Kier alpha value is -1.44. The Kier molecular flexibility index (Phi) is 4.41. The van der Waals surface area contributed by atoms with Crippen LogP contribution >= 0.6 is 0 Å². The van der Waals surface area contributed by atoms with Gasteiger partial charge in [0.1, 0.15) is 12.2 Å². The highest BCUT2D eigenvalue weighted by Crippen LogP contribution is 2.16. The summed E-state index contributed by atoms with van der Waals surface area (Å²) in [6.07, 6.45) is 0. The fourth-order valence-electron chi connectivity index (χ4n) is 1.41. The zero-order valence-electron chi connectivity index (χ0n) is 9.15. The van der Waals surface area contributed by atoms with Gasteiger partial charge in [0.2, 0.25) is 0 Å². The van der Waals surface area contributed by atoms with Crippen molar-refractivity contribution in [2.75, 3.05) is 13.3 Å². The van der Waals surface area contributed by atoms with Crippen LogP contribution in [0.2, 0.25) is 0 Å². The van der Waals surface area contributed by atoms with Crippen LogP contribution in [0.4, 0.5) is 4.39 Å². The van der Waals surface area contributed by atoms with E-state index in [1.807, 2.05) is 36.4 Å². The van der Waals surface area contributed by atoms with Crippen molar-refractivity contribution in [2.45, 2.75) is 18.5 Å². The molecule has 0 unspecified atom stereocenters. The van der Waals surface area contributed by atoms with Gasteiger partial charge in [-0.05, 0) is 12.5 Å². The predicted molar refractivity (Wildman–Crippen MR) is 59.4 cm³/mol. The van der Waals surface area contributed by atoms with Crippen LogP contribution in [0.1, 0.15) is 18.5 Å². The van der Waals surface area contributed by atoms with E-state index in [4.69, 9.17) is 5.26 Å². The summed E-state index contributed by atoms with van der Waals surface area (Å²) in [5.74, 6) is 0. The molecule has 2 atom stereocenters. The highest BCUT2D eigenvalue weighted by molar-refractivity contribution is 5.20. The molecule has 0 fully saturated rings. The fourth-order valence-corrected chi connectivity index (χ4v) is 1.41. The Labute approximate surface area is 94.5 Å². The van der Waals surface area contributed by atoms with Gasteiger partial charge in [0.05, 0.1) is 18.7 Å². The van der Waals surface area contributed by atoms with Crippen LogP contribution in [-0.2, 0) is 0 Å². The summed E-state index contributed by atoms with van der Waals surface area (Å²) in [5, 5.41) is 20.9. The highest BCUT2D eigenvalue weighted by atomic mass is 19.1. The van der Waals surface area contributed by atoms with E-state index in [9.17, 15) is 9.50 Å². The molecule has 0 aliphatic heterocycles. The Morgan fingerprint density at radius 2 is 2.12 bits per heavy atom. The number of aliphatic hydroxyl groups excluding tert-OH is 1. The number of nitrogens with zero attached hydrogens (tertiary/aromatic N) is 1. The molecule has 0 aliphatic carbocycles. The van der Waals surface area contributed by atoms with E-state index >= 15 is 0 Å². The van der Waals surface area contributed by atoms with E-state index in [0.717, 1.165) is 5.56 Å². The van der Waals surface area contributed by atoms with E-state index in [1.165, 1.54) is 6.92 Å². The molecule has 0 radical (unpaired) electrons. The molecule has 0 saturated heterocycles. The SMILES string of the molecule is C[C@](C#N)(CF)N[C@@H](CO)c1ccccc1. The standard InChI is InChI=1S/C12H15FN2O/c1-12(8-13,9-14)15-11(7-16)10-5-3-2-4-6-10/h2-6,11,15-16H,7-8H2,1H3/t11-,12+/m0/s1. The maximum absolute atomic E-state index is 12.7. The molecule has 86 valence electrons. The molecule has 16 heavy (non-hydrogen) atoms. The van der Waals surface area contributed by atoms with E-state index in [1.54, 1.807) is 0 Å². The van der Waals surface area contributed by atoms with Crippen LogP contribution < -0.4 is 5.32 Å². The summed E-state index contributed by atoms with van der Waals surface area (Å²) in [6, 6.07) is 10.6. The molecule has 3 nitrogen and oxygen atoms in total. The second-order valence-electron chi connectivity index (χ2n) is 3.87. The van der Waals surface area contributed by atoms with Crippen LogP contribution in [0.15, 0.2) is 30.3 Å².